The molecule has 4 heteroatoms. The second-order valence-corrected chi connectivity index (χ2v) is 6.52. The van der Waals surface area contributed by atoms with E-state index in [2.05, 4.69) is 32.6 Å². The second kappa shape index (κ2) is 7.02. The third kappa shape index (κ3) is 3.91. The zero-order valence-corrected chi connectivity index (χ0v) is 13.5. The van der Waals surface area contributed by atoms with Crippen molar-refractivity contribution in [3.05, 3.63) is 0 Å². The maximum Gasteiger partial charge on any atom is 0.158 e. The second-order valence-electron chi connectivity index (χ2n) is 6.52. The molecule has 2 N–H and O–H groups in total. The quantitative estimate of drug-likeness (QED) is 0.752. The molecule has 0 bridgehead atoms. The van der Waals surface area contributed by atoms with E-state index in [-0.39, 0.29) is 11.8 Å². The van der Waals surface area contributed by atoms with E-state index in [0.29, 0.717) is 18.5 Å². The molecule has 1 fully saturated rings. The zero-order valence-electron chi connectivity index (χ0n) is 13.5. The Labute approximate surface area is 118 Å². The van der Waals surface area contributed by atoms with E-state index in [1.807, 2.05) is 0 Å². The van der Waals surface area contributed by atoms with Gasteiger partial charge in [0.1, 0.15) is 0 Å². The van der Waals surface area contributed by atoms with Crippen molar-refractivity contribution in [2.24, 2.45) is 17.6 Å². The number of methoxy groups -OCH3 is 2. The molecule has 19 heavy (non-hydrogen) atoms. The van der Waals surface area contributed by atoms with Crippen LogP contribution in [0.1, 0.15) is 40.5 Å². The van der Waals surface area contributed by atoms with E-state index in [9.17, 15) is 0 Å². The first-order chi connectivity index (χ1) is 8.87. The van der Waals surface area contributed by atoms with E-state index >= 15 is 0 Å². The molecule has 0 aromatic rings. The van der Waals surface area contributed by atoms with Crippen LogP contribution in [0.4, 0.5) is 0 Å². The van der Waals surface area contributed by atoms with Gasteiger partial charge in [-0.2, -0.15) is 0 Å². The van der Waals surface area contributed by atoms with Gasteiger partial charge in [-0.1, -0.05) is 13.8 Å². The number of ether oxygens (including phenoxy) is 2. The minimum absolute atomic E-state index is 0.0704. The molecule has 4 atom stereocenters. The molecule has 1 heterocycles. The Morgan fingerprint density at radius 1 is 1.26 bits per heavy atom. The Kier molecular flexibility index (Phi) is 6.24. The predicted molar refractivity (Wildman–Crippen MR) is 79.0 cm³/mol. The largest absolute Gasteiger partial charge is 0.356 e. The first-order valence-electron chi connectivity index (χ1n) is 7.40. The van der Waals surface area contributed by atoms with Crippen LogP contribution in [-0.2, 0) is 9.47 Å². The Balaban J connectivity index is 2.86. The van der Waals surface area contributed by atoms with Crippen molar-refractivity contribution in [3.63, 3.8) is 0 Å². The predicted octanol–water partition coefficient (Wildman–Crippen LogP) is 2.08. The molecule has 0 radical (unpaired) electrons. The Morgan fingerprint density at radius 3 is 2.32 bits per heavy atom. The highest BCUT2D eigenvalue weighted by atomic mass is 16.7. The van der Waals surface area contributed by atoms with Crippen LogP contribution in [-0.4, -0.2) is 50.1 Å². The summed E-state index contributed by atoms with van der Waals surface area (Å²) >= 11 is 0. The molecule has 4 unspecified atom stereocenters. The molecule has 1 aliphatic heterocycles. The summed E-state index contributed by atoms with van der Waals surface area (Å²) in [5.74, 6) is 1.43. The number of nitrogens with two attached hydrogens (primary N) is 1. The van der Waals surface area contributed by atoms with Crippen LogP contribution in [0.3, 0.4) is 0 Å². The summed E-state index contributed by atoms with van der Waals surface area (Å²) in [6, 6.07) is 0.555. The highest BCUT2D eigenvalue weighted by Crippen LogP contribution is 2.34. The SMILES string of the molecule is COC(CC(C)(CN)N1CC(C)CC(C)C1C)OC. The number of piperidine rings is 1. The number of hydrogen-bond donors (Lipinski definition) is 1. The van der Waals surface area contributed by atoms with Crippen LogP contribution in [0.2, 0.25) is 0 Å². The standard InChI is InChI=1S/C15H32N2O2/c1-11-7-12(2)13(3)17(9-11)15(4,10-16)8-14(18-5)19-6/h11-14H,7-10,16H2,1-6H3. The lowest BCUT2D eigenvalue weighted by Gasteiger charge is -2.51. The molecule has 0 saturated carbocycles. The number of nitrogens with zero attached hydrogens (tertiary/aromatic N) is 1. The van der Waals surface area contributed by atoms with Crippen molar-refractivity contribution in [2.75, 3.05) is 27.3 Å². The molecule has 0 aromatic heterocycles. The first-order valence-corrected chi connectivity index (χ1v) is 7.40. The highest BCUT2D eigenvalue weighted by Gasteiger charge is 2.41. The van der Waals surface area contributed by atoms with Gasteiger partial charge in [0, 0.05) is 45.3 Å². The lowest BCUT2D eigenvalue weighted by molar-refractivity contribution is -0.137. The van der Waals surface area contributed by atoms with Crippen molar-refractivity contribution in [1.82, 2.24) is 4.90 Å². The summed E-state index contributed by atoms with van der Waals surface area (Å²) in [4.78, 5) is 2.57. The first kappa shape index (κ1) is 16.9. The summed E-state index contributed by atoms with van der Waals surface area (Å²) < 4.78 is 10.7. The maximum atomic E-state index is 6.10. The third-order valence-electron chi connectivity index (χ3n) is 4.86. The fourth-order valence-electron chi connectivity index (χ4n) is 3.37. The van der Waals surface area contributed by atoms with Crippen molar-refractivity contribution >= 4 is 0 Å². The summed E-state index contributed by atoms with van der Waals surface area (Å²) in [5.41, 5.74) is 6.03. The van der Waals surface area contributed by atoms with Crippen LogP contribution in [0.25, 0.3) is 0 Å². The molecule has 4 nitrogen and oxygen atoms in total. The van der Waals surface area contributed by atoms with E-state index in [4.69, 9.17) is 15.2 Å². The topological polar surface area (TPSA) is 47.7 Å². The van der Waals surface area contributed by atoms with E-state index in [1.54, 1.807) is 14.2 Å². The van der Waals surface area contributed by atoms with E-state index in [0.717, 1.165) is 18.9 Å². The molecule has 1 aliphatic rings. The third-order valence-corrected chi connectivity index (χ3v) is 4.86. The molecule has 0 amide bonds. The molecule has 114 valence electrons. The van der Waals surface area contributed by atoms with Gasteiger partial charge in [-0.25, -0.2) is 0 Å². The van der Waals surface area contributed by atoms with Crippen molar-refractivity contribution in [3.8, 4) is 0 Å². The monoisotopic (exact) mass is 272 g/mol. The molecule has 0 aromatic carbocycles. The smallest absolute Gasteiger partial charge is 0.158 e. The fourth-order valence-corrected chi connectivity index (χ4v) is 3.37. The average molecular weight is 272 g/mol. The van der Waals surface area contributed by atoms with Crippen LogP contribution in [0.15, 0.2) is 0 Å². The maximum absolute atomic E-state index is 6.10. The summed E-state index contributed by atoms with van der Waals surface area (Å²) in [7, 11) is 3.38. The van der Waals surface area contributed by atoms with Gasteiger partial charge in [-0.05, 0) is 32.1 Å². The molecular formula is C15H32N2O2. The lowest BCUT2D eigenvalue weighted by atomic mass is 9.81. The van der Waals surface area contributed by atoms with E-state index < -0.39 is 0 Å². The summed E-state index contributed by atoms with van der Waals surface area (Å²) in [6.07, 6.45) is 1.92. The number of likely N-dealkylation sites (tertiary alicyclic amines) is 1. The van der Waals surface area contributed by atoms with Gasteiger partial charge in [0.2, 0.25) is 0 Å². The van der Waals surface area contributed by atoms with Gasteiger partial charge in [-0.3, -0.25) is 4.90 Å². The summed E-state index contributed by atoms with van der Waals surface area (Å²) in [6.45, 7) is 11.0. The van der Waals surface area contributed by atoms with Crippen LogP contribution >= 0.6 is 0 Å². The van der Waals surface area contributed by atoms with Gasteiger partial charge < -0.3 is 15.2 Å². The number of rotatable bonds is 6. The lowest BCUT2D eigenvalue weighted by Crippen LogP contribution is -2.61. The minimum atomic E-state index is -0.187. The Bertz CT molecular complexity index is 271. The van der Waals surface area contributed by atoms with Crippen molar-refractivity contribution < 1.29 is 9.47 Å². The molecule has 1 saturated heterocycles. The van der Waals surface area contributed by atoms with Gasteiger partial charge in [0.15, 0.2) is 6.29 Å². The van der Waals surface area contributed by atoms with Crippen molar-refractivity contribution in [2.45, 2.75) is 58.4 Å². The van der Waals surface area contributed by atoms with Crippen LogP contribution in [0.5, 0.6) is 0 Å². The average Bonchev–Trinajstić information content (AvgIpc) is 2.39. The molecule has 1 rings (SSSR count). The molecule has 0 aliphatic carbocycles. The number of hydrogen-bond acceptors (Lipinski definition) is 4. The van der Waals surface area contributed by atoms with Crippen molar-refractivity contribution in [1.29, 1.82) is 0 Å². The fraction of sp³-hybridized carbons (Fsp3) is 1.00. The Hall–Kier alpha value is -0.160. The van der Waals surface area contributed by atoms with Gasteiger partial charge in [0.25, 0.3) is 0 Å². The zero-order chi connectivity index (χ0) is 14.6. The van der Waals surface area contributed by atoms with Gasteiger partial charge >= 0.3 is 0 Å². The van der Waals surface area contributed by atoms with Crippen LogP contribution < -0.4 is 5.73 Å². The highest BCUT2D eigenvalue weighted by molar-refractivity contribution is 4.95. The Morgan fingerprint density at radius 2 is 1.84 bits per heavy atom. The normalized spacial score (nSPS) is 32.5. The van der Waals surface area contributed by atoms with Crippen LogP contribution in [0, 0.1) is 11.8 Å². The minimum Gasteiger partial charge on any atom is -0.356 e. The molecule has 0 spiro atoms. The summed E-state index contributed by atoms with van der Waals surface area (Å²) in [5, 5.41) is 0. The molecular weight excluding hydrogens is 240 g/mol. The van der Waals surface area contributed by atoms with Gasteiger partial charge in [-0.15, -0.1) is 0 Å². The van der Waals surface area contributed by atoms with E-state index in [1.165, 1.54) is 6.42 Å². The van der Waals surface area contributed by atoms with Gasteiger partial charge in [0.05, 0.1) is 0 Å².